The van der Waals surface area contributed by atoms with Crippen molar-refractivity contribution < 1.29 is 30.1 Å². The van der Waals surface area contributed by atoms with E-state index in [0.717, 1.165) is 12.2 Å². The van der Waals surface area contributed by atoms with E-state index >= 15 is 0 Å². The second-order valence-electron chi connectivity index (χ2n) is 8.30. The number of amides is 1. The van der Waals surface area contributed by atoms with Gasteiger partial charge in [0.2, 0.25) is 5.91 Å². The van der Waals surface area contributed by atoms with E-state index in [1.165, 1.54) is 5.06 Å². The summed E-state index contributed by atoms with van der Waals surface area (Å²) in [5.74, 6) is -1.36. The molecule has 0 aromatic rings. The molecule has 0 bridgehead atoms. The molecule has 0 radical (unpaired) electrons. The van der Waals surface area contributed by atoms with Gasteiger partial charge in [0.25, 0.3) is 0 Å². The van der Waals surface area contributed by atoms with Crippen molar-refractivity contribution in [1.82, 2.24) is 10.4 Å². The van der Waals surface area contributed by atoms with Crippen LogP contribution in [-0.2, 0) is 9.59 Å². The van der Waals surface area contributed by atoms with Crippen molar-refractivity contribution in [2.45, 2.75) is 89.1 Å². The Bertz CT molecular complexity index is 514. The van der Waals surface area contributed by atoms with Gasteiger partial charge in [-0.1, -0.05) is 0 Å². The molecule has 2 atom stereocenters. The maximum absolute atomic E-state index is 12.2. The maximum atomic E-state index is 12.2. The van der Waals surface area contributed by atoms with Gasteiger partial charge in [-0.15, -0.1) is 0 Å². The van der Waals surface area contributed by atoms with E-state index in [4.69, 9.17) is 5.11 Å². The Labute approximate surface area is 154 Å². The van der Waals surface area contributed by atoms with Gasteiger partial charge in [-0.2, -0.15) is 5.06 Å². The van der Waals surface area contributed by atoms with E-state index in [1.807, 2.05) is 27.7 Å². The maximum Gasteiger partial charge on any atom is 0.328 e. The fraction of sp³-hybridized carbons (Fsp3) is 0.778. The fourth-order valence-electron chi connectivity index (χ4n) is 3.64. The van der Waals surface area contributed by atoms with Gasteiger partial charge in [-0.3, -0.25) is 4.79 Å². The van der Waals surface area contributed by atoms with Crippen LogP contribution in [0.5, 0.6) is 0 Å². The molecule has 1 saturated heterocycles. The second kappa shape index (κ2) is 8.94. The van der Waals surface area contributed by atoms with Gasteiger partial charge in [-0.25, -0.2) is 4.79 Å². The Morgan fingerprint density at radius 1 is 1.19 bits per heavy atom. The molecule has 8 heteroatoms. The third-order valence-electron chi connectivity index (χ3n) is 4.68. The smallest absolute Gasteiger partial charge is 0.328 e. The van der Waals surface area contributed by atoms with Crippen LogP contribution in [0, 0.1) is 0 Å². The predicted octanol–water partition coefficient (Wildman–Crippen LogP) is 1.05. The molecule has 1 fully saturated rings. The average molecular weight is 372 g/mol. The van der Waals surface area contributed by atoms with E-state index in [-0.39, 0.29) is 31.2 Å². The Morgan fingerprint density at radius 2 is 1.73 bits per heavy atom. The molecule has 0 aromatic heterocycles. The number of carbonyl (C=O) groups excluding carboxylic acids is 1. The molecule has 1 rings (SSSR count). The monoisotopic (exact) mass is 372 g/mol. The minimum atomic E-state index is -1.17. The highest BCUT2D eigenvalue weighted by atomic mass is 16.5. The summed E-state index contributed by atoms with van der Waals surface area (Å²) in [6, 6.07) is -0.0721. The van der Waals surface area contributed by atoms with Crippen LogP contribution >= 0.6 is 0 Å². The van der Waals surface area contributed by atoms with Gasteiger partial charge in [-0.05, 0) is 53.0 Å². The van der Waals surface area contributed by atoms with Crippen molar-refractivity contribution >= 4 is 11.9 Å². The quantitative estimate of drug-likeness (QED) is 0.403. The van der Waals surface area contributed by atoms with Crippen LogP contribution in [0.1, 0.15) is 59.8 Å². The Morgan fingerprint density at radius 3 is 2.23 bits per heavy atom. The van der Waals surface area contributed by atoms with Crippen molar-refractivity contribution in [3.8, 4) is 0 Å². The summed E-state index contributed by atoms with van der Waals surface area (Å²) in [6.45, 7) is 7.68. The zero-order valence-corrected chi connectivity index (χ0v) is 16.0. The lowest BCUT2D eigenvalue weighted by molar-refractivity contribution is -0.246. The van der Waals surface area contributed by atoms with Crippen LogP contribution in [0.4, 0.5) is 0 Å². The van der Waals surface area contributed by atoms with Gasteiger partial charge in [0.15, 0.2) is 0 Å². The van der Waals surface area contributed by atoms with Gasteiger partial charge in [0, 0.05) is 36.0 Å². The van der Waals surface area contributed by atoms with Crippen molar-refractivity contribution in [1.29, 1.82) is 0 Å². The molecule has 2 unspecified atom stereocenters. The number of carboxylic acids is 1. The molecule has 0 aromatic carbocycles. The molecule has 0 aliphatic carbocycles. The lowest BCUT2D eigenvalue weighted by Gasteiger charge is -2.51. The number of piperidine rings is 1. The molecule has 1 aliphatic rings. The number of aliphatic hydroxyl groups is 2. The topological polar surface area (TPSA) is 130 Å². The second-order valence-corrected chi connectivity index (χ2v) is 8.30. The lowest BCUT2D eigenvalue weighted by atomic mass is 9.79. The summed E-state index contributed by atoms with van der Waals surface area (Å²) in [6.07, 6.45) is 1.42. The van der Waals surface area contributed by atoms with Gasteiger partial charge in [0.1, 0.15) is 0 Å². The number of carboxylic acid groups (broad SMARTS) is 1. The first-order chi connectivity index (χ1) is 11.8. The van der Waals surface area contributed by atoms with E-state index in [0.29, 0.717) is 12.8 Å². The minimum absolute atomic E-state index is 0.0278. The Balaban J connectivity index is 2.43. The summed E-state index contributed by atoms with van der Waals surface area (Å²) in [5.41, 5.74) is -0.917. The van der Waals surface area contributed by atoms with Crippen molar-refractivity contribution in [3.63, 3.8) is 0 Å². The number of carbonyl (C=O) groups is 2. The summed E-state index contributed by atoms with van der Waals surface area (Å²) in [7, 11) is 0. The number of nitrogens with one attached hydrogen (secondary N) is 1. The highest BCUT2D eigenvalue weighted by Crippen LogP contribution is 2.36. The normalized spacial score (nSPS) is 22.9. The zero-order chi connectivity index (χ0) is 20.1. The molecule has 1 amide bonds. The van der Waals surface area contributed by atoms with Crippen LogP contribution in [0.3, 0.4) is 0 Å². The van der Waals surface area contributed by atoms with E-state index in [9.17, 15) is 25.0 Å². The zero-order valence-electron chi connectivity index (χ0n) is 16.0. The Hall–Kier alpha value is -1.48. The standard InChI is InChI=1S/C18H32N2O6/c1-17(2)10-12(11-18(3,4)20(17)26)19-15(23)7-5-13(21)9-14(22)6-8-16(24)25/h6,8,12-14,21-22,26H,5,7,9-11H2,1-4H3,(H,19,23)(H,24,25). The molecule has 150 valence electrons. The molecule has 1 aliphatic heterocycles. The predicted molar refractivity (Wildman–Crippen MR) is 95.6 cm³/mol. The van der Waals surface area contributed by atoms with Crippen LogP contribution in [0.15, 0.2) is 12.2 Å². The van der Waals surface area contributed by atoms with Crippen LogP contribution in [0.25, 0.3) is 0 Å². The largest absolute Gasteiger partial charge is 0.478 e. The lowest BCUT2D eigenvalue weighted by Crippen LogP contribution is -2.62. The SMILES string of the molecule is CC1(C)CC(NC(=O)CCC(O)CC(O)C=CC(=O)O)CC(C)(C)N1O. The highest BCUT2D eigenvalue weighted by molar-refractivity contribution is 5.79. The van der Waals surface area contributed by atoms with Crippen LogP contribution < -0.4 is 5.32 Å². The number of aliphatic carboxylic acids is 1. The number of nitrogens with zero attached hydrogens (tertiary/aromatic N) is 1. The van der Waals surface area contributed by atoms with Crippen LogP contribution in [-0.4, -0.2) is 66.8 Å². The molecular weight excluding hydrogens is 340 g/mol. The van der Waals surface area contributed by atoms with E-state index in [1.54, 1.807) is 0 Å². The average Bonchev–Trinajstić information content (AvgIpc) is 2.48. The molecule has 26 heavy (non-hydrogen) atoms. The minimum Gasteiger partial charge on any atom is -0.478 e. The molecule has 1 heterocycles. The van der Waals surface area contributed by atoms with Crippen LogP contribution in [0.2, 0.25) is 0 Å². The Kier molecular flexibility index (Phi) is 7.76. The number of aliphatic hydroxyl groups excluding tert-OH is 2. The fourth-order valence-corrected chi connectivity index (χ4v) is 3.64. The van der Waals surface area contributed by atoms with Gasteiger partial charge < -0.3 is 25.8 Å². The van der Waals surface area contributed by atoms with Crippen molar-refractivity contribution in [2.75, 3.05) is 0 Å². The number of hydrogen-bond donors (Lipinski definition) is 5. The molecule has 0 spiro atoms. The molecule has 0 saturated carbocycles. The van der Waals surface area contributed by atoms with Crippen molar-refractivity contribution in [3.05, 3.63) is 12.2 Å². The van der Waals surface area contributed by atoms with E-state index in [2.05, 4.69) is 5.32 Å². The molecular formula is C18H32N2O6. The summed E-state index contributed by atoms with van der Waals surface area (Å²) in [5, 5.41) is 42.5. The third kappa shape index (κ3) is 7.03. The first kappa shape index (κ1) is 22.6. The van der Waals surface area contributed by atoms with Gasteiger partial charge >= 0.3 is 5.97 Å². The highest BCUT2D eigenvalue weighted by Gasteiger charge is 2.45. The van der Waals surface area contributed by atoms with E-state index < -0.39 is 29.3 Å². The van der Waals surface area contributed by atoms with Gasteiger partial charge in [0.05, 0.1) is 12.2 Å². The number of rotatable bonds is 8. The molecule has 8 nitrogen and oxygen atoms in total. The summed E-state index contributed by atoms with van der Waals surface area (Å²) < 4.78 is 0. The first-order valence-electron chi connectivity index (χ1n) is 8.89. The van der Waals surface area contributed by atoms with Crippen molar-refractivity contribution in [2.24, 2.45) is 0 Å². The first-order valence-corrected chi connectivity index (χ1v) is 8.89. The number of hydrogen-bond acceptors (Lipinski definition) is 6. The molecule has 5 N–H and O–H groups in total. The summed E-state index contributed by atoms with van der Waals surface area (Å²) >= 11 is 0. The summed E-state index contributed by atoms with van der Waals surface area (Å²) in [4.78, 5) is 22.5. The third-order valence-corrected chi connectivity index (χ3v) is 4.68. The number of hydroxylamine groups is 2.